The summed E-state index contributed by atoms with van der Waals surface area (Å²) in [6.45, 7) is 2.19. The van der Waals surface area contributed by atoms with E-state index in [1.807, 2.05) is 18.2 Å². The lowest BCUT2D eigenvalue weighted by atomic mass is 10.1. The molecule has 25 heavy (non-hydrogen) atoms. The van der Waals surface area contributed by atoms with Crippen LogP contribution in [0.15, 0.2) is 42.5 Å². The Bertz CT molecular complexity index is 843. The summed E-state index contributed by atoms with van der Waals surface area (Å²) < 4.78 is 4.63. The Morgan fingerprint density at radius 3 is 2.36 bits per heavy atom. The Labute approximate surface area is 145 Å². The molecule has 0 unspecified atom stereocenters. The molecule has 0 bridgehead atoms. The van der Waals surface area contributed by atoms with Gasteiger partial charge in [-0.3, -0.25) is 9.59 Å². The second-order valence-electron chi connectivity index (χ2n) is 5.79. The van der Waals surface area contributed by atoms with E-state index in [1.165, 1.54) is 14.0 Å². The van der Waals surface area contributed by atoms with Crippen molar-refractivity contribution in [2.24, 2.45) is 0 Å². The van der Waals surface area contributed by atoms with Crippen LogP contribution < -0.4 is 10.2 Å². The molecule has 0 aliphatic carbocycles. The van der Waals surface area contributed by atoms with Gasteiger partial charge in [-0.2, -0.15) is 0 Å². The van der Waals surface area contributed by atoms with Crippen LogP contribution in [0.5, 0.6) is 0 Å². The molecule has 0 fully saturated rings. The second kappa shape index (κ2) is 6.76. The number of nitrogens with zero attached hydrogens (tertiary/aromatic N) is 1. The standard InChI is InChI=1S/C19H18N2O4/c1-12(22)21-10-9-13-7-8-16(11-17(13)21)20-18(23)14-3-5-15(6-4-14)19(24)25-2/h3-8,11H,9-10H2,1-2H3,(H,20,23). The molecule has 1 N–H and O–H groups in total. The van der Waals surface area contributed by atoms with Crippen molar-refractivity contribution in [1.29, 1.82) is 0 Å². The van der Waals surface area contributed by atoms with Gasteiger partial charge in [0.15, 0.2) is 0 Å². The smallest absolute Gasteiger partial charge is 0.337 e. The van der Waals surface area contributed by atoms with E-state index >= 15 is 0 Å². The number of carbonyl (C=O) groups excluding carboxylic acids is 3. The van der Waals surface area contributed by atoms with E-state index in [-0.39, 0.29) is 11.8 Å². The van der Waals surface area contributed by atoms with Crippen molar-refractivity contribution < 1.29 is 19.1 Å². The second-order valence-corrected chi connectivity index (χ2v) is 5.79. The highest BCUT2D eigenvalue weighted by Crippen LogP contribution is 2.31. The number of esters is 1. The van der Waals surface area contributed by atoms with Crippen LogP contribution in [-0.4, -0.2) is 31.4 Å². The van der Waals surface area contributed by atoms with Crippen LogP contribution >= 0.6 is 0 Å². The van der Waals surface area contributed by atoms with Crippen LogP contribution in [0.4, 0.5) is 11.4 Å². The molecule has 128 valence electrons. The average molecular weight is 338 g/mol. The largest absolute Gasteiger partial charge is 0.465 e. The summed E-state index contributed by atoms with van der Waals surface area (Å²) in [5, 5.41) is 2.82. The molecule has 0 aromatic heterocycles. The molecule has 6 nitrogen and oxygen atoms in total. The minimum Gasteiger partial charge on any atom is -0.465 e. The van der Waals surface area contributed by atoms with Crippen LogP contribution in [0, 0.1) is 0 Å². The van der Waals surface area contributed by atoms with Gasteiger partial charge in [-0.1, -0.05) is 6.07 Å². The lowest BCUT2D eigenvalue weighted by Crippen LogP contribution is -2.25. The van der Waals surface area contributed by atoms with Crippen molar-refractivity contribution in [3.63, 3.8) is 0 Å². The highest BCUT2D eigenvalue weighted by molar-refractivity contribution is 6.05. The third-order valence-corrected chi connectivity index (χ3v) is 4.19. The van der Waals surface area contributed by atoms with E-state index in [2.05, 4.69) is 10.1 Å². The van der Waals surface area contributed by atoms with Gasteiger partial charge in [0, 0.05) is 30.4 Å². The Balaban J connectivity index is 1.76. The summed E-state index contributed by atoms with van der Waals surface area (Å²) in [6.07, 6.45) is 0.818. The normalized spacial score (nSPS) is 12.5. The summed E-state index contributed by atoms with van der Waals surface area (Å²) in [4.78, 5) is 37.2. The zero-order valence-corrected chi connectivity index (χ0v) is 14.0. The third-order valence-electron chi connectivity index (χ3n) is 4.19. The maximum Gasteiger partial charge on any atom is 0.337 e. The van der Waals surface area contributed by atoms with Crippen molar-refractivity contribution in [2.45, 2.75) is 13.3 Å². The van der Waals surface area contributed by atoms with Gasteiger partial charge in [0.1, 0.15) is 0 Å². The number of carbonyl (C=O) groups is 3. The topological polar surface area (TPSA) is 75.7 Å². The van der Waals surface area contributed by atoms with E-state index in [0.717, 1.165) is 17.7 Å². The highest BCUT2D eigenvalue weighted by Gasteiger charge is 2.22. The predicted octanol–water partition coefficient (Wildman–Crippen LogP) is 2.63. The molecule has 6 heteroatoms. The summed E-state index contributed by atoms with van der Waals surface area (Å²) in [5.41, 5.74) is 3.36. The first-order chi connectivity index (χ1) is 12.0. The molecule has 2 amide bonds. The van der Waals surface area contributed by atoms with E-state index in [0.29, 0.717) is 23.4 Å². The van der Waals surface area contributed by atoms with Crippen LogP contribution in [0.1, 0.15) is 33.2 Å². The monoisotopic (exact) mass is 338 g/mol. The number of nitrogens with one attached hydrogen (secondary N) is 1. The molecule has 2 aromatic rings. The fraction of sp³-hybridized carbons (Fsp3) is 0.211. The van der Waals surface area contributed by atoms with Crippen molar-refractivity contribution in [1.82, 2.24) is 0 Å². The number of anilines is 2. The fourth-order valence-corrected chi connectivity index (χ4v) is 2.86. The van der Waals surface area contributed by atoms with Crippen molar-refractivity contribution >= 4 is 29.2 Å². The number of amides is 2. The van der Waals surface area contributed by atoms with E-state index in [1.54, 1.807) is 29.2 Å². The van der Waals surface area contributed by atoms with Gasteiger partial charge in [0.05, 0.1) is 12.7 Å². The quantitative estimate of drug-likeness (QED) is 0.873. The Morgan fingerprint density at radius 1 is 1.04 bits per heavy atom. The molecule has 0 radical (unpaired) electrons. The molecule has 0 saturated carbocycles. The van der Waals surface area contributed by atoms with Gasteiger partial charge in [-0.25, -0.2) is 4.79 Å². The molecular weight excluding hydrogens is 320 g/mol. The van der Waals surface area contributed by atoms with Crippen LogP contribution in [0.3, 0.4) is 0 Å². The minimum atomic E-state index is -0.449. The van der Waals surface area contributed by atoms with E-state index < -0.39 is 5.97 Å². The van der Waals surface area contributed by atoms with Gasteiger partial charge in [-0.05, 0) is 48.4 Å². The molecular formula is C19H18N2O4. The SMILES string of the molecule is COC(=O)c1ccc(C(=O)Nc2ccc3c(c2)N(C(C)=O)CC3)cc1. The predicted molar refractivity (Wildman–Crippen MR) is 93.9 cm³/mol. The minimum absolute atomic E-state index is 0.0133. The highest BCUT2D eigenvalue weighted by atomic mass is 16.5. The number of hydrogen-bond donors (Lipinski definition) is 1. The lowest BCUT2D eigenvalue weighted by Gasteiger charge is -2.16. The molecule has 2 aromatic carbocycles. The molecule has 0 saturated heterocycles. The lowest BCUT2D eigenvalue weighted by molar-refractivity contribution is -0.116. The van der Waals surface area contributed by atoms with Crippen molar-refractivity contribution in [3.05, 3.63) is 59.2 Å². The van der Waals surface area contributed by atoms with Crippen LogP contribution in [-0.2, 0) is 16.0 Å². The van der Waals surface area contributed by atoms with Crippen molar-refractivity contribution in [3.8, 4) is 0 Å². The number of benzene rings is 2. The average Bonchev–Trinajstić information content (AvgIpc) is 3.04. The zero-order valence-electron chi connectivity index (χ0n) is 14.0. The summed E-state index contributed by atoms with van der Waals surface area (Å²) in [7, 11) is 1.31. The summed E-state index contributed by atoms with van der Waals surface area (Å²) >= 11 is 0. The maximum absolute atomic E-state index is 12.4. The van der Waals surface area contributed by atoms with Gasteiger partial charge < -0.3 is 15.0 Å². The van der Waals surface area contributed by atoms with Gasteiger partial charge in [-0.15, -0.1) is 0 Å². The van der Waals surface area contributed by atoms with Crippen molar-refractivity contribution in [2.75, 3.05) is 23.9 Å². The van der Waals surface area contributed by atoms with Crippen LogP contribution in [0.25, 0.3) is 0 Å². The maximum atomic E-state index is 12.4. The number of methoxy groups -OCH3 is 1. The number of ether oxygens (including phenoxy) is 1. The molecule has 1 aliphatic rings. The molecule has 0 spiro atoms. The van der Waals surface area contributed by atoms with Gasteiger partial charge >= 0.3 is 5.97 Å². The fourth-order valence-electron chi connectivity index (χ4n) is 2.86. The molecule has 3 rings (SSSR count). The molecule has 1 heterocycles. The number of rotatable bonds is 3. The zero-order chi connectivity index (χ0) is 18.0. The molecule has 1 aliphatic heterocycles. The first kappa shape index (κ1) is 16.7. The van der Waals surface area contributed by atoms with E-state index in [4.69, 9.17) is 0 Å². The summed E-state index contributed by atoms with van der Waals surface area (Å²) in [5.74, 6) is -0.751. The first-order valence-corrected chi connectivity index (χ1v) is 7.90. The molecule has 0 atom stereocenters. The Hall–Kier alpha value is -3.15. The number of hydrogen-bond acceptors (Lipinski definition) is 4. The van der Waals surface area contributed by atoms with Gasteiger partial charge in [0.2, 0.25) is 5.91 Å². The van der Waals surface area contributed by atoms with Gasteiger partial charge in [0.25, 0.3) is 5.91 Å². The Kier molecular flexibility index (Phi) is 4.52. The van der Waals surface area contributed by atoms with E-state index in [9.17, 15) is 14.4 Å². The van der Waals surface area contributed by atoms with Crippen LogP contribution in [0.2, 0.25) is 0 Å². The third kappa shape index (κ3) is 3.38. The summed E-state index contributed by atoms with van der Waals surface area (Å²) in [6, 6.07) is 11.8. The first-order valence-electron chi connectivity index (χ1n) is 7.90. The Morgan fingerprint density at radius 2 is 1.72 bits per heavy atom. The number of fused-ring (bicyclic) bond motifs is 1.